The van der Waals surface area contributed by atoms with Crippen LogP contribution in [0.1, 0.15) is 18.3 Å². The second-order valence-corrected chi connectivity index (χ2v) is 5.41. The van der Waals surface area contributed by atoms with Crippen LogP contribution in [0.3, 0.4) is 0 Å². The number of aromatic nitrogens is 3. The number of hydrogen-bond acceptors (Lipinski definition) is 6. The van der Waals surface area contributed by atoms with Crippen molar-refractivity contribution in [1.29, 1.82) is 0 Å². The zero-order valence-corrected chi connectivity index (χ0v) is 11.4. The quantitative estimate of drug-likeness (QED) is 0.843. The molecule has 2 heterocycles. The van der Waals surface area contributed by atoms with Gasteiger partial charge in [-0.1, -0.05) is 17.8 Å². The molecule has 90 valence electrons. The van der Waals surface area contributed by atoms with E-state index in [1.807, 2.05) is 13.0 Å². The van der Waals surface area contributed by atoms with Gasteiger partial charge in [-0.05, 0) is 31.4 Å². The summed E-state index contributed by atoms with van der Waals surface area (Å²) in [6.07, 6.45) is 1.81. The van der Waals surface area contributed by atoms with Crippen molar-refractivity contribution in [3.05, 3.63) is 29.7 Å². The van der Waals surface area contributed by atoms with Gasteiger partial charge in [0.05, 0.1) is 0 Å². The fourth-order valence-electron chi connectivity index (χ4n) is 1.36. The van der Waals surface area contributed by atoms with Crippen molar-refractivity contribution in [3.8, 4) is 0 Å². The molecule has 0 bridgehead atoms. The Kier molecular flexibility index (Phi) is 4.33. The van der Waals surface area contributed by atoms with Gasteiger partial charge in [0, 0.05) is 24.1 Å². The van der Waals surface area contributed by atoms with Gasteiger partial charge >= 0.3 is 0 Å². The summed E-state index contributed by atoms with van der Waals surface area (Å²) in [6.45, 7) is 4.86. The molecule has 0 aliphatic heterocycles. The second kappa shape index (κ2) is 5.97. The molecule has 2 rings (SSSR count). The van der Waals surface area contributed by atoms with Gasteiger partial charge in [0.25, 0.3) is 0 Å². The minimum absolute atomic E-state index is 0.843. The minimum atomic E-state index is 0.843. The van der Waals surface area contributed by atoms with Gasteiger partial charge in [-0.2, -0.15) is 4.37 Å². The Hall–Kier alpha value is -1.14. The van der Waals surface area contributed by atoms with Crippen LogP contribution in [0, 0.1) is 6.92 Å². The number of nitrogens with one attached hydrogen (secondary N) is 1. The first kappa shape index (κ1) is 12.3. The maximum Gasteiger partial charge on any atom is 0.170 e. The average molecular weight is 266 g/mol. The van der Waals surface area contributed by atoms with Crippen LogP contribution in [0.2, 0.25) is 0 Å². The van der Waals surface area contributed by atoms with E-state index in [9.17, 15) is 0 Å². The number of thioether (sulfide) groups is 1. The molecule has 0 aliphatic rings. The average Bonchev–Trinajstić information content (AvgIpc) is 2.74. The molecule has 2 aromatic rings. The predicted octanol–water partition coefficient (Wildman–Crippen LogP) is 2.97. The van der Waals surface area contributed by atoms with E-state index in [-0.39, 0.29) is 0 Å². The van der Waals surface area contributed by atoms with Crippen molar-refractivity contribution in [1.82, 2.24) is 14.3 Å². The normalized spacial score (nSPS) is 10.5. The Morgan fingerprint density at radius 1 is 1.47 bits per heavy atom. The lowest BCUT2D eigenvalue weighted by molar-refractivity contribution is 1.10. The highest BCUT2D eigenvalue weighted by Gasteiger charge is 2.05. The Morgan fingerprint density at radius 3 is 3.06 bits per heavy atom. The van der Waals surface area contributed by atoms with Crippen LogP contribution < -0.4 is 5.32 Å². The molecular formula is C11H14N4S2. The van der Waals surface area contributed by atoms with E-state index < -0.39 is 0 Å². The summed E-state index contributed by atoms with van der Waals surface area (Å²) in [4.78, 5) is 8.66. The number of rotatable bonds is 5. The molecule has 4 nitrogen and oxygen atoms in total. The number of nitrogens with zero attached hydrogens (tertiary/aromatic N) is 3. The topological polar surface area (TPSA) is 50.7 Å². The summed E-state index contributed by atoms with van der Waals surface area (Å²) in [6, 6.07) is 4.05. The van der Waals surface area contributed by atoms with Gasteiger partial charge in [-0.25, -0.2) is 9.97 Å². The molecule has 2 aromatic heterocycles. The molecule has 0 amide bonds. The lowest BCUT2D eigenvalue weighted by Gasteiger charge is -2.07. The molecule has 0 radical (unpaired) electrons. The molecule has 0 fully saturated rings. The molecule has 17 heavy (non-hydrogen) atoms. The van der Waals surface area contributed by atoms with Gasteiger partial charge in [-0.15, -0.1) is 0 Å². The fourth-order valence-corrected chi connectivity index (χ4v) is 2.99. The Bertz CT molecular complexity index is 484. The third-order valence-electron chi connectivity index (χ3n) is 2.10. The molecule has 0 saturated heterocycles. The van der Waals surface area contributed by atoms with Crippen molar-refractivity contribution >= 4 is 29.1 Å². The fraction of sp³-hybridized carbons (Fsp3) is 0.364. The van der Waals surface area contributed by atoms with Gasteiger partial charge < -0.3 is 5.32 Å². The van der Waals surface area contributed by atoms with Crippen molar-refractivity contribution in [2.45, 2.75) is 23.9 Å². The molecule has 0 aromatic carbocycles. The zero-order chi connectivity index (χ0) is 12.1. The van der Waals surface area contributed by atoms with Crippen molar-refractivity contribution in [2.24, 2.45) is 0 Å². The molecule has 0 aliphatic carbocycles. The predicted molar refractivity (Wildman–Crippen MR) is 72.6 cm³/mol. The van der Waals surface area contributed by atoms with E-state index in [1.165, 1.54) is 17.1 Å². The molecule has 6 heteroatoms. The number of hydrogen-bond donors (Lipinski definition) is 1. The van der Waals surface area contributed by atoms with E-state index in [1.54, 1.807) is 18.0 Å². The summed E-state index contributed by atoms with van der Waals surface area (Å²) in [5.41, 5.74) is 1.20. The highest BCUT2D eigenvalue weighted by Crippen LogP contribution is 2.26. The second-order valence-electron chi connectivity index (χ2n) is 3.44. The Balaban J connectivity index is 2.03. The van der Waals surface area contributed by atoms with Crippen LogP contribution in [-0.4, -0.2) is 20.9 Å². The molecule has 1 N–H and O–H groups in total. The summed E-state index contributed by atoms with van der Waals surface area (Å²) >= 11 is 3.15. The summed E-state index contributed by atoms with van der Waals surface area (Å²) in [5.74, 6) is 2.67. The van der Waals surface area contributed by atoms with Gasteiger partial charge in [-0.3, -0.25) is 0 Å². The summed E-state index contributed by atoms with van der Waals surface area (Å²) in [5, 5.41) is 3.26. The number of anilines is 1. The molecular weight excluding hydrogens is 252 g/mol. The van der Waals surface area contributed by atoms with Crippen LogP contribution in [0.5, 0.6) is 0 Å². The first-order valence-corrected chi connectivity index (χ1v) is 7.16. The van der Waals surface area contributed by atoms with E-state index in [0.717, 1.165) is 28.3 Å². The first-order chi connectivity index (χ1) is 8.29. The van der Waals surface area contributed by atoms with Crippen LogP contribution >= 0.6 is 23.3 Å². The van der Waals surface area contributed by atoms with Crippen molar-refractivity contribution in [2.75, 3.05) is 11.9 Å². The van der Waals surface area contributed by atoms with Gasteiger partial charge in [0.1, 0.15) is 11.6 Å². The maximum atomic E-state index is 4.33. The standard InChI is InChI=1S/C11H14N4S2/c1-3-12-10-9(5-4-6-13-10)7-16-11-14-8(2)15-17-11/h4-6H,3,7H2,1-2H3,(H,12,13). The molecule has 0 saturated carbocycles. The monoisotopic (exact) mass is 266 g/mol. The third kappa shape index (κ3) is 3.41. The van der Waals surface area contributed by atoms with E-state index >= 15 is 0 Å². The molecule has 0 unspecified atom stereocenters. The lowest BCUT2D eigenvalue weighted by atomic mass is 10.3. The van der Waals surface area contributed by atoms with Gasteiger partial charge in [0.2, 0.25) is 0 Å². The van der Waals surface area contributed by atoms with E-state index in [2.05, 4.69) is 32.6 Å². The van der Waals surface area contributed by atoms with E-state index in [0.29, 0.717) is 0 Å². The largest absolute Gasteiger partial charge is 0.370 e. The molecule has 0 spiro atoms. The maximum absolute atomic E-state index is 4.33. The minimum Gasteiger partial charge on any atom is -0.370 e. The third-order valence-corrected chi connectivity index (χ3v) is 4.07. The summed E-state index contributed by atoms with van der Waals surface area (Å²) < 4.78 is 5.17. The van der Waals surface area contributed by atoms with Crippen LogP contribution in [-0.2, 0) is 5.75 Å². The van der Waals surface area contributed by atoms with E-state index in [4.69, 9.17) is 0 Å². The Labute approximate surface area is 109 Å². The number of aryl methyl sites for hydroxylation is 1. The SMILES string of the molecule is CCNc1ncccc1CSc1nc(C)ns1. The Morgan fingerprint density at radius 2 is 2.35 bits per heavy atom. The summed E-state index contributed by atoms with van der Waals surface area (Å²) in [7, 11) is 0. The van der Waals surface area contributed by atoms with Crippen LogP contribution in [0.4, 0.5) is 5.82 Å². The highest BCUT2D eigenvalue weighted by molar-refractivity contribution is 8.00. The van der Waals surface area contributed by atoms with Crippen LogP contribution in [0.25, 0.3) is 0 Å². The zero-order valence-electron chi connectivity index (χ0n) is 9.80. The van der Waals surface area contributed by atoms with Crippen molar-refractivity contribution in [3.63, 3.8) is 0 Å². The van der Waals surface area contributed by atoms with Crippen molar-refractivity contribution < 1.29 is 0 Å². The lowest BCUT2D eigenvalue weighted by Crippen LogP contribution is -2.02. The number of pyridine rings is 1. The van der Waals surface area contributed by atoms with Crippen LogP contribution in [0.15, 0.2) is 22.7 Å². The van der Waals surface area contributed by atoms with Gasteiger partial charge in [0.15, 0.2) is 4.34 Å². The first-order valence-electron chi connectivity index (χ1n) is 5.40. The molecule has 0 atom stereocenters. The smallest absolute Gasteiger partial charge is 0.170 e. The highest BCUT2D eigenvalue weighted by atomic mass is 32.2.